The zero-order chi connectivity index (χ0) is 8.81. The number of nitrogens with one attached hydrogen (secondary N) is 1. The molecule has 0 aliphatic carbocycles. The van der Waals surface area contributed by atoms with Crippen LogP contribution >= 0.6 is 11.6 Å². The Bertz CT molecular complexity index is 227. The second-order valence-corrected chi connectivity index (χ2v) is 2.58. The van der Waals surface area contributed by atoms with E-state index in [9.17, 15) is 0 Å². The van der Waals surface area contributed by atoms with E-state index in [0.29, 0.717) is 24.1 Å². The van der Waals surface area contributed by atoms with Crippen molar-refractivity contribution in [1.29, 1.82) is 0 Å². The Kier molecular flexibility index (Phi) is 3.76. The number of rotatable bonds is 4. The van der Waals surface area contributed by atoms with Crippen molar-refractivity contribution in [2.75, 3.05) is 25.6 Å². The molecule has 66 valence electrons. The summed E-state index contributed by atoms with van der Waals surface area (Å²) in [6.07, 6.45) is 3.09. The highest BCUT2D eigenvalue weighted by Crippen LogP contribution is 2.04. The Labute approximate surface area is 75.9 Å². The molecule has 1 aromatic heterocycles. The van der Waals surface area contributed by atoms with Crippen molar-refractivity contribution in [3.8, 4) is 0 Å². The van der Waals surface area contributed by atoms with Gasteiger partial charge in [-0.1, -0.05) is 11.6 Å². The van der Waals surface area contributed by atoms with Crippen molar-refractivity contribution >= 4 is 17.5 Å². The van der Waals surface area contributed by atoms with Gasteiger partial charge in [0.05, 0.1) is 24.0 Å². The molecule has 0 aliphatic rings. The normalized spacial score (nSPS) is 9.83. The van der Waals surface area contributed by atoms with Gasteiger partial charge in [0.25, 0.3) is 0 Å². The first-order chi connectivity index (χ1) is 5.83. The van der Waals surface area contributed by atoms with Crippen molar-refractivity contribution in [1.82, 2.24) is 9.97 Å². The standard InChI is InChI=1S/C7H10ClN3O/c1-12-3-2-9-7-10-4-6(8)5-11-7/h4-5H,2-3H2,1H3,(H,9,10,11). The van der Waals surface area contributed by atoms with Gasteiger partial charge in [-0.2, -0.15) is 0 Å². The smallest absolute Gasteiger partial charge is 0.222 e. The molecule has 5 heteroatoms. The second-order valence-electron chi connectivity index (χ2n) is 2.14. The summed E-state index contributed by atoms with van der Waals surface area (Å²) in [5.41, 5.74) is 0. The van der Waals surface area contributed by atoms with E-state index in [1.54, 1.807) is 19.5 Å². The van der Waals surface area contributed by atoms with Gasteiger partial charge in [0.15, 0.2) is 0 Å². The average molecular weight is 188 g/mol. The van der Waals surface area contributed by atoms with Gasteiger partial charge in [-0.15, -0.1) is 0 Å². The minimum absolute atomic E-state index is 0.535. The first-order valence-electron chi connectivity index (χ1n) is 3.53. The summed E-state index contributed by atoms with van der Waals surface area (Å²) >= 11 is 5.60. The summed E-state index contributed by atoms with van der Waals surface area (Å²) in [5.74, 6) is 0.566. The van der Waals surface area contributed by atoms with E-state index in [-0.39, 0.29) is 0 Å². The quantitative estimate of drug-likeness (QED) is 0.720. The van der Waals surface area contributed by atoms with Crippen LogP contribution in [0, 0.1) is 0 Å². The van der Waals surface area contributed by atoms with Crippen LogP contribution in [-0.2, 0) is 4.74 Å². The van der Waals surface area contributed by atoms with Gasteiger partial charge in [-0.25, -0.2) is 9.97 Å². The highest BCUT2D eigenvalue weighted by molar-refractivity contribution is 6.30. The van der Waals surface area contributed by atoms with Gasteiger partial charge in [0, 0.05) is 13.7 Å². The zero-order valence-corrected chi connectivity index (χ0v) is 7.51. The monoisotopic (exact) mass is 187 g/mol. The Morgan fingerprint density at radius 2 is 2.17 bits per heavy atom. The fourth-order valence-corrected chi connectivity index (χ4v) is 0.766. The molecule has 12 heavy (non-hydrogen) atoms. The minimum atomic E-state index is 0.535. The lowest BCUT2D eigenvalue weighted by Gasteiger charge is -2.02. The van der Waals surface area contributed by atoms with Crippen LogP contribution in [0.3, 0.4) is 0 Å². The molecule has 0 unspecified atom stereocenters. The van der Waals surface area contributed by atoms with E-state index in [4.69, 9.17) is 16.3 Å². The molecule has 0 radical (unpaired) electrons. The molecule has 1 N–H and O–H groups in total. The van der Waals surface area contributed by atoms with Gasteiger partial charge in [0.2, 0.25) is 5.95 Å². The van der Waals surface area contributed by atoms with Crippen molar-refractivity contribution in [2.45, 2.75) is 0 Å². The van der Waals surface area contributed by atoms with Gasteiger partial charge < -0.3 is 10.1 Å². The van der Waals surface area contributed by atoms with E-state index < -0.39 is 0 Å². The maximum Gasteiger partial charge on any atom is 0.222 e. The molecule has 0 bridgehead atoms. The van der Waals surface area contributed by atoms with Crippen LogP contribution in [0.25, 0.3) is 0 Å². The lowest BCUT2D eigenvalue weighted by atomic mass is 10.6. The average Bonchev–Trinajstić information content (AvgIpc) is 2.09. The van der Waals surface area contributed by atoms with Crippen LogP contribution in [0.4, 0.5) is 5.95 Å². The maximum atomic E-state index is 5.60. The third-order valence-corrected chi connectivity index (χ3v) is 1.40. The van der Waals surface area contributed by atoms with Gasteiger partial charge in [-0.3, -0.25) is 0 Å². The predicted molar refractivity (Wildman–Crippen MR) is 47.4 cm³/mol. The second kappa shape index (κ2) is 4.90. The molecule has 0 saturated carbocycles. The number of methoxy groups -OCH3 is 1. The summed E-state index contributed by atoms with van der Waals surface area (Å²) in [6.45, 7) is 1.32. The van der Waals surface area contributed by atoms with E-state index >= 15 is 0 Å². The molecule has 0 aromatic carbocycles. The molecule has 0 spiro atoms. The molecule has 0 saturated heterocycles. The molecule has 1 rings (SSSR count). The van der Waals surface area contributed by atoms with E-state index in [2.05, 4.69) is 15.3 Å². The lowest BCUT2D eigenvalue weighted by molar-refractivity contribution is 0.210. The van der Waals surface area contributed by atoms with Crippen molar-refractivity contribution in [3.63, 3.8) is 0 Å². The van der Waals surface area contributed by atoms with Gasteiger partial charge in [0.1, 0.15) is 0 Å². The number of anilines is 1. The Morgan fingerprint density at radius 3 is 2.75 bits per heavy atom. The number of aromatic nitrogens is 2. The topological polar surface area (TPSA) is 47.0 Å². The zero-order valence-electron chi connectivity index (χ0n) is 6.75. The number of halogens is 1. The van der Waals surface area contributed by atoms with E-state index in [1.165, 1.54) is 0 Å². The van der Waals surface area contributed by atoms with Crippen LogP contribution in [-0.4, -0.2) is 30.2 Å². The number of hydrogen-bond acceptors (Lipinski definition) is 4. The van der Waals surface area contributed by atoms with E-state index in [0.717, 1.165) is 0 Å². The number of nitrogens with zero attached hydrogens (tertiary/aromatic N) is 2. The molecule has 0 atom stereocenters. The molecular weight excluding hydrogens is 178 g/mol. The van der Waals surface area contributed by atoms with E-state index in [1.807, 2.05) is 0 Å². The SMILES string of the molecule is COCCNc1ncc(Cl)cn1. The van der Waals surface area contributed by atoms with Crippen LogP contribution in [0.5, 0.6) is 0 Å². The first kappa shape index (κ1) is 9.22. The summed E-state index contributed by atoms with van der Waals surface area (Å²) in [5, 5.41) is 3.50. The largest absolute Gasteiger partial charge is 0.383 e. The van der Waals surface area contributed by atoms with Crippen LogP contribution < -0.4 is 5.32 Å². The minimum Gasteiger partial charge on any atom is -0.383 e. The fraction of sp³-hybridized carbons (Fsp3) is 0.429. The molecule has 0 amide bonds. The van der Waals surface area contributed by atoms with Crippen molar-refractivity contribution in [2.24, 2.45) is 0 Å². The van der Waals surface area contributed by atoms with Crippen molar-refractivity contribution in [3.05, 3.63) is 17.4 Å². The number of hydrogen-bond donors (Lipinski definition) is 1. The Morgan fingerprint density at radius 1 is 1.50 bits per heavy atom. The summed E-state index contributed by atoms with van der Waals surface area (Å²) in [6, 6.07) is 0. The highest BCUT2D eigenvalue weighted by atomic mass is 35.5. The van der Waals surface area contributed by atoms with Crippen LogP contribution in [0.1, 0.15) is 0 Å². The first-order valence-corrected chi connectivity index (χ1v) is 3.91. The van der Waals surface area contributed by atoms with Crippen LogP contribution in [0.2, 0.25) is 5.02 Å². The molecule has 0 fully saturated rings. The maximum absolute atomic E-state index is 5.60. The Balaban J connectivity index is 2.37. The fourth-order valence-electron chi connectivity index (χ4n) is 0.668. The molecule has 1 heterocycles. The predicted octanol–water partition coefficient (Wildman–Crippen LogP) is 1.19. The summed E-state index contributed by atoms with van der Waals surface area (Å²) < 4.78 is 4.84. The van der Waals surface area contributed by atoms with Gasteiger partial charge >= 0.3 is 0 Å². The third kappa shape index (κ3) is 3.02. The Hall–Kier alpha value is -0.870. The molecular formula is C7H10ClN3O. The highest BCUT2D eigenvalue weighted by Gasteiger charge is 1.93. The lowest BCUT2D eigenvalue weighted by Crippen LogP contribution is -2.09. The molecule has 4 nitrogen and oxygen atoms in total. The summed E-state index contributed by atoms with van der Waals surface area (Å²) in [4.78, 5) is 7.88. The van der Waals surface area contributed by atoms with Gasteiger partial charge in [-0.05, 0) is 0 Å². The number of ether oxygens (including phenoxy) is 1. The summed E-state index contributed by atoms with van der Waals surface area (Å²) in [7, 11) is 1.64. The third-order valence-electron chi connectivity index (χ3n) is 1.21. The molecule has 0 aliphatic heterocycles. The molecule has 1 aromatic rings. The van der Waals surface area contributed by atoms with Crippen LogP contribution in [0.15, 0.2) is 12.4 Å². The van der Waals surface area contributed by atoms with Crippen molar-refractivity contribution < 1.29 is 4.74 Å².